The average Bonchev–Trinajstić information content (AvgIpc) is 2.88. The van der Waals surface area contributed by atoms with Crippen molar-refractivity contribution in [2.45, 2.75) is 53.0 Å². The summed E-state index contributed by atoms with van der Waals surface area (Å²) >= 11 is 0. The van der Waals surface area contributed by atoms with Crippen molar-refractivity contribution in [1.29, 1.82) is 0 Å². The molecule has 1 saturated heterocycles. The molecule has 37 heavy (non-hydrogen) atoms. The van der Waals surface area contributed by atoms with Crippen LogP contribution in [-0.2, 0) is 17.8 Å². The van der Waals surface area contributed by atoms with E-state index in [-0.39, 0.29) is 17.2 Å². The van der Waals surface area contributed by atoms with Crippen molar-refractivity contribution >= 4 is 23.2 Å². The quantitative estimate of drug-likeness (QED) is 0.409. The molecule has 3 aromatic rings. The molecule has 6 nitrogen and oxygen atoms in total. The van der Waals surface area contributed by atoms with Crippen molar-refractivity contribution in [3.63, 3.8) is 0 Å². The topological polar surface area (TPSA) is 74.3 Å². The molecule has 1 aromatic heterocycles. The Bertz CT molecular complexity index is 1180. The molecule has 1 aliphatic rings. The molecule has 0 atom stereocenters. The van der Waals surface area contributed by atoms with Crippen LogP contribution in [0.2, 0.25) is 0 Å². The molecule has 2 N–H and O–H groups in total. The van der Waals surface area contributed by atoms with Crippen molar-refractivity contribution < 1.29 is 9.59 Å². The number of carbonyl (C=O) groups is 2. The number of amides is 2. The van der Waals surface area contributed by atoms with Crippen LogP contribution in [-0.4, -0.2) is 29.9 Å². The molecule has 2 aromatic carbocycles. The Kier molecular flexibility index (Phi) is 8.59. The Morgan fingerprint density at radius 1 is 0.973 bits per heavy atom. The van der Waals surface area contributed by atoms with Gasteiger partial charge in [0.05, 0.1) is 5.56 Å². The van der Waals surface area contributed by atoms with E-state index in [1.54, 1.807) is 12.4 Å². The smallest absolute Gasteiger partial charge is 0.253 e. The van der Waals surface area contributed by atoms with Crippen molar-refractivity contribution in [2.75, 3.05) is 23.3 Å². The SMILES string of the molecule is CC(C)(C)CC(=O)Nc1ccc(N2CCC(Cc3ccccc3)CC2)c(C(=O)NCc2cccnc2)c1. The lowest BCUT2D eigenvalue weighted by atomic mass is 9.89. The molecular weight excluding hydrogens is 460 g/mol. The highest BCUT2D eigenvalue weighted by Gasteiger charge is 2.24. The molecule has 0 aliphatic carbocycles. The fourth-order valence-corrected chi connectivity index (χ4v) is 4.86. The molecule has 6 heteroatoms. The third-order valence-electron chi connectivity index (χ3n) is 6.71. The molecular formula is C31H38N4O2. The number of nitrogens with zero attached hydrogens (tertiary/aromatic N) is 2. The second-order valence-corrected chi connectivity index (χ2v) is 11.2. The summed E-state index contributed by atoms with van der Waals surface area (Å²) in [6.07, 6.45) is 7.12. The first-order chi connectivity index (χ1) is 17.8. The maximum absolute atomic E-state index is 13.4. The zero-order valence-corrected chi connectivity index (χ0v) is 22.2. The van der Waals surface area contributed by atoms with Crippen LogP contribution < -0.4 is 15.5 Å². The standard InChI is InChI=1S/C31H38N4O2/c1-31(2,3)20-29(36)34-26-11-12-28(27(19-26)30(37)33-22-25-10-7-15-32-21-25)35-16-13-24(14-17-35)18-23-8-5-4-6-9-23/h4-12,15,19,21,24H,13-14,16-18,20,22H2,1-3H3,(H,33,37)(H,34,36). The van der Waals surface area contributed by atoms with Gasteiger partial charge in [-0.1, -0.05) is 57.2 Å². The van der Waals surface area contributed by atoms with Crippen LogP contribution in [0.25, 0.3) is 0 Å². The number of hydrogen-bond acceptors (Lipinski definition) is 4. The van der Waals surface area contributed by atoms with Crippen molar-refractivity contribution in [3.8, 4) is 0 Å². The Hall–Kier alpha value is -3.67. The van der Waals surface area contributed by atoms with E-state index in [1.165, 1.54) is 5.56 Å². The molecule has 2 amide bonds. The average molecular weight is 499 g/mol. The van der Waals surface area contributed by atoms with Gasteiger partial charge in [0.15, 0.2) is 0 Å². The van der Waals surface area contributed by atoms with Gasteiger partial charge < -0.3 is 15.5 Å². The van der Waals surface area contributed by atoms with E-state index in [2.05, 4.69) is 50.8 Å². The second-order valence-electron chi connectivity index (χ2n) is 11.2. The summed E-state index contributed by atoms with van der Waals surface area (Å²) in [6, 6.07) is 20.1. The molecule has 4 rings (SSSR count). The van der Waals surface area contributed by atoms with Gasteiger partial charge >= 0.3 is 0 Å². The minimum absolute atomic E-state index is 0.0521. The summed E-state index contributed by atoms with van der Waals surface area (Å²) in [7, 11) is 0. The molecule has 1 aliphatic heterocycles. The van der Waals surface area contributed by atoms with Gasteiger partial charge in [0, 0.05) is 49.8 Å². The highest BCUT2D eigenvalue weighted by molar-refractivity contribution is 6.02. The Morgan fingerprint density at radius 3 is 2.38 bits per heavy atom. The number of carbonyl (C=O) groups excluding carboxylic acids is 2. The normalized spacial score (nSPS) is 14.3. The van der Waals surface area contributed by atoms with Gasteiger partial charge in [0.2, 0.25) is 5.91 Å². The van der Waals surface area contributed by atoms with Crippen molar-refractivity contribution in [3.05, 3.63) is 89.7 Å². The Labute approximate surface area is 220 Å². The van der Waals surface area contributed by atoms with Crippen LogP contribution in [0, 0.1) is 11.3 Å². The van der Waals surface area contributed by atoms with E-state index in [0.717, 1.165) is 43.6 Å². The molecule has 194 valence electrons. The first-order valence-corrected chi connectivity index (χ1v) is 13.2. The molecule has 0 radical (unpaired) electrons. The van der Waals surface area contributed by atoms with Crippen LogP contribution in [0.15, 0.2) is 73.1 Å². The van der Waals surface area contributed by atoms with Gasteiger partial charge in [-0.3, -0.25) is 14.6 Å². The minimum Gasteiger partial charge on any atom is -0.371 e. The van der Waals surface area contributed by atoms with Crippen LogP contribution in [0.5, 0.6) is 0 Å². The number of aromatic nitrogens is 1. The lowest BCUT2D eigenvalue weighted by Crippen LogP contribution is -2.36. The largest absolute Gasteiger partial charge is 0.371 e. The summed E-state index contributed by atoms with van der Waals surface area (Å²) < 4.78 is 0. The number of hydrogen-bond donors (Lipinski definition) is 2. The molecule has 0 unspecified atom stereocenters. The Balaban J connectivity index is 1.48. The van der Waals surface area contributed by atoms with Crippen LogP contribution in [0.1, 0.15) is 61.5 Å². The fourth-order valence-electron chi connectivity index (χ4n) is 4.86. The van der Waals surface area contributed by atoms with Gasteiger partial charge in [-0.2, -0.15) is 0 Å². The number of benzene rings is 2. The Morgan fingerprint density at radius 2 is 1.70 bits per heavy atom. The zero-order valence-electron chi connectivity index (χ0n) is 22.2. The second kappa shape index (κ2) is 12.0. The number of nitrogens with one attached hydrogen (secondary N) is 2. The summed E-state index contributed by atoms with van der Waals surface area (Å²) in [5.41, 5.74) is 4.34. The zero-order chi connectivity index (χ0) is 26.3. The lowest BCUT2D eigenvalue weighted by molar-refractivity contribution is -0.117. The summed E-state index contributed by atoms with van der Waals surface area (Å²) in [6.45, 7) is 8.30. The van der Waals surface area contributed by atoms with Gasteiger partial charge in [0.25, 0.3) is 5.91 Å². The first kappa shape index (κ1) is 26.4. The molecule has 0 saturated carbocycles. The summed E-state index contributed by atoms with van der Waals surface area (Å²) in [4.78, 5) is 32.4. The van der Waals surface area contributed by atoms with E-state index in [1.807, 2.05) is 51.1 Å². The highest BCUT2D eigenvalue weighted by atomic mass is 16.2. The molecule has 0 bridgehead atoms. The third kappa shape index (κ3) is 7.91. The van der Waals surface area contributed by atoms with Gasteiger partial charge in [-0.25, -0.2) is 0 Å². The van der Waals surface area contributed by atoms with Crippen LogP contribution in [0.3, 0.4) is 0 Å². The number of pyridine rings is 1. The van der Waals surface area contributed by atoms with Gasteiger partial charge in [0.1, 0.15) is 0 Å². The van der Waals surface area contributed by atoms with E-state index >= 15 is 0 Å². The van der Waals surface area contributed by atoms with E-state index < -0.39 is 0 Å². The minimum atomic E-state index is -0.155. The van der Waals surface area contributed by atoms with Crippen molar-refractivity contribution in [1.82, 2.24) is 10.3 Å². The number of anilines is 2. The third-order valence-corrected chi connectivity index (χ3v) is 6.71. The predicted octanol–water partition coefficient (Wildman–Crippen LogP) is 5.85. The molecule has 1 fully saturated rings. The highest BCUT2D eigenvalue weighted by Crippen LogP contribution is 2.30. The maximum atomic E-state index is 13.4. The predicted molar refractivity (Wildman–Crippen MR) is 150 cm³/mol. The summed E-state index contributed by atoms with van der Waals surface area (Å²) in [5, 5.41) is 6.02. The molecule has 2 heterocycles. The fraction of sp³-hybridized carbons (Fsp3) is 0.387. The van der Waals surface area contributed by atoms with Gasteiger partial charge in [-0.15, -0.1) is 0 Å². The van der Waals surface area contributed by atoms with E-state index in [9.17, 15) is 9.59 Å². The van der Waals surface area contributed by atoms with Crippen molar-refractivity contribution in [2.24, 2.45) is 11.3 Å². The van der Waals surface area contributed by atoms with Crippen LogP contribution in [0.4, 0.5) is 11.4 Å². The van der Waals surface area contributed by atoms with Crippen LogP contribution >= 0.6 is 0 Å². The monoisotopic (exact) mass is 498 g/mol. The number of piperidine rings is 1. The lowest BCUT2D eigenvalue weighted by Gasteiger charge is -2.35. The number of rotatable bonds is 8. The van der Waals surface area contributed by atoms with E-state index in [4.69, 9.17) is 0 Å². The van der Waals surface area contributed by atoms with Gasteiger partial charge in [-0.05, 0) is 66.0 Å². The van der Waals surface area contributed by atoms with E-state index in [0.29, 0.717) is 30.1 Å². The molecule has 0 spiro atoms. The maximum Gasteiger partial charge on any atom is 0.253 e. The summed E-state index contributed by atoms with van der Waals surface area (Å²) in [5.74, 6) is 0.429. The first-order valence-electron chi connectivity index (χ1n) is 13.2.